The zero-order valence-corrected chi connectivity index (χ0v) is 16.7. The lowest BCUT2D eigenvalue weighted by molar-refractivity contribution is 0.414. The fraction of sp³-hybridized carbons (Fsp3) is 0.429. The van der Waals surface area contributed by atoms with Gasteiger partial charge in [-0.1, -0.05) is 24.3 Å². The van der Waals surface area contributed by atoms with Crippen molar-refractivity contribution in [3.8, 4) is 5.75 Å². The van der Waals surface area contributed by atoms with Gasteiger partial charge in [0.1, 0.15) is 5.75 Å². The quantitative estimate of drug-likeness (QED) is 0.670. The van der Waals surface area contributed by atoms with Gasteiger partial charge in [0.25, 0.3) is 0 Å². The second-order valence-corrected chi connectivity index (χ2v) is 8.78. The Hall–Kier alpha value is -2.05. The summed E-state index contributed by atoms with van der Waals surface area (Å²) < 4.78 is 32.3. The molecule has 1 aliphatic rings. The van der Waals surface area contributed by atoms with Gasteiger partial charge in [-0.25, -0.2) is 13.1 Å². The summed E-state index contributed by atoms with van der Waals surface area (Å²) in [5.74, 6) is 0.634. The number of ether oxygens (including phenoxy) is 1. The smallest absolute Gasteiger partial charge is 0.215 e. The van der Waals surface area contributed by atoms with Gasteiger partial charge in [0.15, 0.2) is 0 Å². The van der Waals surface area contributed by atoms with Crippen molar-refractivity contribution < 1.29 is 13.2 Å². The summed E-state index contributed by atoms with van der Waals surface area (Å²) in [5.41, 5.74) is 3.25. The first-order valence-corrected chi connectivity index (χ1v) is 11.2. The van der Waals surface area contributed by atoms with Crippen molar-refractivity contribution in [2.24, 2.45) is 0 Å². The first kappa shape index (κ1) is 19.7. The Kier molecular flexibility index (Phi) is 6.74. The molecule has 5 nitrogen and oxygen atoms in total. The van der Waals surface area contributed by atoms with E-state index in [0.717, 1.165) is 31.5 Å². The Bertz CT molecular complexity index is 829. The van der Waals surface area contributed by atoms with Gasteiger partial charge < -0.3 is 9.64 Å². The molecule has 0 unspecified atom stereocenters. The lowest BCUT2D eigenvalue weighted by Crippen LogP contribution is -2.26. The van der Waals surface area contributed by atoms with Crippen LogP contribution in [-0.2, 0) is 22.2 Å². The third-order valence-electron chi connectivity index (χ3n) is 4.86. The molecule has 0 aromatic heterocycles. The zero-order chi connectivity index (χ0) is 19.1. The second kappa shape index (κ2) is 9.24. The number of methoxy groups -OCH3 is 1. The topological polar surface area (TPSA) is 58.6 Å². The molecule has 1 heterocycles. The van der Waals surface area contributed by atoms with E-state index in [9.17, 15) is 8.42 Å². The van der Waals surface area contributed by atoms with Crippen LogP contribution in [0.25, 0.3) is 0 Å². The molecule has 2 aromatic carbocycles. The number of nitrogens with one attached hydrogen (secondary N) is 1. The molecule has 1 fully saturated rings. The summed E-state index contributed by atoms with van der Waals surface area (Å²) in [6.07, 6.45) is 4.19. The van der Waals surface area contributed by atoms with E-state index in [1.165, 1.54) is 24.1 Å². The average Bonchev–Trinajstić information content (AvgIpc) is 3.20. The molecular formula is C21H28N2O3S. The standard InChI is InChI=1S/C21H28N2O3S/c1-26-21-8-4-6-19(16-21)17-27(24,25)22-13-5-7-18-9-11-20(12-10-18)23-14-2-3-15-23/h4,6,8-12,16,22H,2-3,5,7,13-15,17H2,1H3. The number of benzene rings is 2. The Morgan fingerprint density at radius 2 is 1.78 bits per heavy atom. The van der Waals surface area contributed by atoms with Crippen molar-refractivity contribution in [2.75, 3.05) is 31.6 Å². The van der Waals surface area contributed by atoms with Crippen molar-refractivity contribution in [3.05, 3.63) is 59.7 Å². The maximum absolute atomic E-state index is 12.2. The van der Waals surface area contributed by atoms with Crippen LogP contribution in [0.4, 0.5) is 5.69 Å². The highest BCUT2D eigenvalue weighted by atomic mass is 32.2. The van der Waals surface area contributed by atoms with Gasteiger partial charge in [-0.05, 0) is 61.1 Å². The van der Waals surface area contributed by atoms with Crippen LogP contribution in [0.5, 0.6) is 5.75 Å². The number of aryl methyl sites for hydroxylation is 1. The molecule has 2 aromatic rings. The minimum Gasteiger partial charge on any atom is -0.497 e. The number of anilines is 1. The van der Waals surface area contributed by atoms with Crippen LogP contribution in [-0.4, -0.2) is 35.2 Å². The normalized spacial score (nSPS) is 14.5. The Morgan fingerprint density at radius 1 is 1.04 bits per heavy atom. The van der Waals surface area contributed by atoms with E-state index < -0.39 is 10.0 Å². The van der Waals surface area contributed by atoms with Crippen LogP contribution in [0, 0.1) is 0 Å². The number of nitrogens with zero attached hydrogens (tertiary/aromatic N) is 1. The summed E-state index contributed by atoms with van der Waals surface area (Å²) in [4.78, 5) is 2.41. The summed E-state index contributed by atoms with van der Waals surface area (Å²) in [7, 11) is -1.77. The average molecular weight is 389 g/mol. The van der Waals surface area contributed by atoms with E-state index in [-0.39, 0.29) is 5.75 Å². The van der Waals surface area contributed by atoms with Crippen LogP contribution < -0.4 is 14.4 Å². The molecular weight excluding hydrogens is 360 g/mol. The second-order valence-electron chi connectivity index (χ2n) is 6.97. The van der Waals surface area contributed by atoms with Gasteiger partial charge in [-0.2, -0.15) is 0 Å². The van der Waals surface area contributed by atoms with E-state index in [4.69, 9.17) is 4.74 Å². The number of rotatable bonds is 9. The SMILES string of the molecule is COc1cccc(CS(=O)(=O)NCCCc2ccc(N3CCCC3)cc2)c1. The fourth-order valence-corrected chi connectivity index (χ4v) is 4.58. The molecule has 0 atom stereocenters. The molecule has 0 bridgehead atoms. The van der Waals surface area contributed by atoms with E-state index in [1.807, 2.05) is 0 Å². The molecule has 1 aliphatic heterocycles. The highest BCUT2D eigenvalue weighted by Gasteiger charge is 2.13. The van der Waals surface area contributed by atoms with Gasteiger partial charge in [0.05, 0.1) is 12.9 Å². The van der Waals surface area contributed by atoms with Crippen LogP contribution >= 0.6 is 0 Å². The maximum Gasteiger partial charge on any atom is 0.215 e. The Morgan fingerprint density at radius 3 is 2.48 bits per heavy atom. The fourth-order valence-electron chi connectivity index (χ4n) is 3.40. The van der Waals surface area contributed by atoms with Crippen molar-refractivity contribution in [3.63, 3.8) is 0 Å². The van der Waals surface area contributed by atoms with Crippen molar-refractivity contribution >= 4 is 15.7 Å². The third kappa shape index (κ3) is 5.97. The maximum atomic E-state index is 12.2. The number of hydrogen-bond donors (Lipinski definition) is 1. The van der Waals surface area contributed by atoms with Gasteiger partial charge in [-0.15, -0.1) is 0 Å². The molecule has 0 radical (unpaired) electrons. The predicted octanol–water partition coefficient (Wildman–Crippen LogP) is 3.35. The largest absolute Gasteiger partial charge is 0.497 e. The minimum absolute atomic E-state index is 0.0330. The summed E-state index contributed by atoms with van der Waals surface area (Å²) in [5, 5.41) is 0. The molecule has 0 saturated carbocycles. The van der Waals surface area contributed by atoms with Gasteiger partial charge in [0, 0.05) is 25.3 Å². The van der Waals surface area contributed by atoms with Gasteiger partial charge >= 0.3 is 0 Å². The van der Waals surface area contributed by atoms with Gasteiger partial charge in [-0.3, -0.25) is 0 Å². The van der Waals surface area contributed by atoms with E-state index in [0.29, 0.717) is 12.3 Å². The van der Waals surface area contributed by atoms with E-state index in [1.54, 1.807) is 31.4 Å². The van der Waals surface area contributed by atoms with E-state index >= 15 is 0 Å². The highest BCUT2D eigenvalue weighted by molar-refractivity contribution is 7.88. The molecule has 0 aliphatic carbocycles. The molecule has 0 spiro atoms. The molecule has 27 heavy (non-hydrogen) atoms. The van der Waals surface area contributed by atoms with Crippen molar-refractivity contribution in [1.82, 2.24) is 4.72 Å². The lowest BCUT2D eigenvalue weighted by atomic mass is 10.1. The van der Waals surface area contributed by atoms with Crippen molar-refractivity contribution in [2.45, 2.75) is 31.4 Å². The lowest BCUT2D eigenvalue weighted by Gasteiger charge is -2.17. The van der Waals surface area contributed by atoms with Gasteiger partial charge in [0.2, 0.25) is 10.0 Å². The Balaban J connectivity index is 1.43. The van der Waals surface area contributed by atoms with Crippen LogP contribution in [0.1, 0.15) is 30.4 Å². The molecule has 1 saturated heterocycles. The first-order valence-electron chi connectivity index (χ1n) is 9.50. The summed E-state index contributed by atoms with van der Waals surface area (Å²) >= 11 is 0. The predicted molar refractivity (Wildman–Crippen MR) is 110 cm³/mol. The van der Waals surface area contributed by atoms with E-state index in [2.05, 4.69) is 33.9 Å². The zero-order valence-electron chi connectivity index (χ0n) is 15.9. The molecule has 6 heteroatoms. The van der Waals surface area contributed by atoms with Crippen LogP contribution in [0.3, 0.4) is 0 Å². The number of hydrogen-bond acceptors (Lipinski definition) is 4. The minimum atomic E-state index is -3.34. The first-order chi connectivity index (χ1) is 13.1. The molecule has 3 rings (SSSR count). The molecule has 0 amide bonds. The van der Waals surface area contributed by atoms with Crippen LogP contribution in [0.2, 0.25) is 0 Å². The monoisotopic (exact) mass is 388 g/mol. The molecule has 1 N–H and O–H groups in total. The Labute approximate surface area is 162 Å². The number of sulfonamides is 1. The third-order valence-corrected chi connectivity index (χ3v) is 6.22. The van der Waals surface area contributed by atoms with Crippen LogP contribution in [0.15, 0.2) is 48.5 Å². The van der Waals surface area contributed by atoms with Crippen molar-refractivity contribution in [1.29, 1.82) is 0 Å². The highest BCUT2D eigenvalue weighted by Crippen LogP contribution is 2.21. The molecule has 146 valence electrons. The summed E-state index contributed by atoms with van der Waals surface area (Å²) in [6, 6.07) is 15.8. The summed E-state index contributed by atoms with van der Waals surface area (Å²) in [6.45, 7) is 2.74.